The number of aromatic carboxylic acids is 1. The van der Waals surface area contributed by atoms with E-state index < -0.39 is 11.8 Å². The molecule has 1 aromatic rings. The van der Waals surface area contributed by atoms with Crippen LogP contribution >= 0.6 is 0 Å². The molecule has 1 aromatic heterocycles. The van der Waals surface area contributed by atoms with E-state index in [-0.39, 0.29) is 17.4 Å². The summed E-state index contributed by atoms with van der Waals surface area (Å²) >= 11 is 0. The topological polar surface area (TPSA) is 62.2 Å². The quantitative estimate of drug-likeness (QED) is 0.818. The molecule has 0 aromatic carbocycles. The molecular formula is C13H19FN2O2. The van der Waals surface area contributed by atoms with Crippen molar-refractivity contribution < 1.29 is 14.3 Å². The Morgan fingerprint density at radius 1 is 1.44 bits per heavy atom. The van der Waals surface area contributed by atoms with Crippen LogP contribution in [0.2, 0.25) is 0 Å². The molecule has 0 aliphatic heterocycles. The number of hydrogen-bond acceptors (Lipinski definition) is 3. The van der Waals surface area contributed by atoms with Crippen LogP contribution in [0.15, 0.2) is 12.3 Å². The van der Waals surface area contributed by atoms with Gasteiger partial charge in [-0.2, -0.15) is 0 Å². The van der Waals surface area contributed by atoms with E-state index in [1.54, 1.807) is 0 Å². The standard InChI is InChI=1S/C13H19FN2O2/c1-8(2)4-5-9(3)16-12-11(14)10(13(17)18)6-7-15-12/h6-9H,4-5H2,1-3H3,(H,15,16)(H,17,18). The van der Waals surface area contributed by atoms with Crippen molar-refractivity contribution in [3.8, 4) is 0 Å². The highest BCUT2D eigenvalue weighted by Crippen LogP contribution is 2.17. The maximum Gasteiger partial charge on any atom is 0.338 e. The largest absolute Gasteiger partial charge is 0.478 e. The molecule has 1 atom stereocenters. The molecule has 2 N–H and O–H groups in total. The third-order valence-electron chi connectivity index (χ3n) is 2.68. The number of carboxylic acid groups (broad SMARTS) is 1. The summed E-state index contributed by atoms with van der Waals surface area (Å²) in [5.41, 5.74) is -0.358. The van der Waals surface area contributed by atoms with Crippen LogP contribution in [0.3, 0.4) is 0 Å². The minimum atomic E-state index is -1.28. The Bertz CT molecular complexity index is 421. The second kappa shape index (κ2) is 6.33. The van der Waals surface area contributed by atoms with E-state index in [0.717, 1.165) is 18.9 Å². The molecule has 0 radical (unpaired) electrons. The average Bonchev–Trinajstić information content (AvgIpc) is 2.29. The van der Waals surface area contributed by atoms with E-state index >= 15 is 0 Å². The molecule has 0 spiro atoms. The molecule has 1 unspecified atom stereocenters. The van der Waals surface area contributed by atoms with Crippen molar-refractivity contribution in [3.05, 3.63) is 23.6 Å². The normalized spacial score (nSPS) is 12.5. The number of carbonyl (C=O) groups is 1. The third kappa shape index (κ3) is 3.98. The molecule has 5 heteroatoms. The molecule has 0 aliphatic rings. The number of hydrogen-bond donors (Lipinski definition) is 2. The second-order valence-electron chi connectivity index (χ2n) is 4.84. The van der Waals surface area contributed by atoms with Gasteiger partial charge in [0.25, 0.3) is 0 Å². The van der Waals surface area contributed by atoms with Crippen molar-refractivity contribution in [1.82, 2.24) is 4.98 Å². The summed E-state index contributed by atoms with van der Waals surface area (Å²) in [6, 6.07) is 1.21. The first-order valence-electron chi connectivity index (χ1n) is 6.06. The molecule has 1 heterocycles. The molecule has 0 bridgehead atoms. The molecule has 0 amide bonds. The molecule has 0 saturated heterocycles. The minimum Gasteiger partial charge on any atom is -0.478 e. The summed E-state index contributed by atoms with van der Waals surface area (Å²) in [5.74, 6) is -1.50. The predicted molar refractivity (Wildman–Crippen MR) is 68.3 cm³/mol. The molecule has 18 heavy (non-hydrogen) atoms. The van der Waals surface area contributed by atoms with Gasteiger partial charge in [-0.25, -0.2) is 14.2 Å². The van der Waals surface area contributed by atoms with Crippen molar-refractivity contribution >= 4 is 11.8 Å². The van der Waals surface area contributed by atoms with Crippen LogP contribution in [0, 0.1) is 11.7 Å². The van der Waals surface area contributed by atoms with Gasteiger partial charge in [0.05, 0.1) is 0 Å². The fourth-order valence-electron chi connectivity index (χ4n) is 1.60. The lowest BCUT2D eigenvalue weighted by molar-refractivity contribution is 0.0692. The zero-order chi connectivity index (χ0) is 13.7. The smallest absolute Gasteiger partial charge is 0.338 e. The molecule has 0 aliphatic carbocycles. The van der Waals surface area contributed by atoms with Crippen molar-refractivity contribution in [3.63, 3.8) is 0 Å². The lowest BCUT2D eigenvalue weighted by Gasteiger charge is -2.16. The number of rotatable bonds is 6. The number of halogens is 1. The van der Waals surface area contributed by atoms with Gasteiger partial charge in [0.2, 0.25) is 0 Å². The van der Waals surface area contributed by atoms with Crippen LogP contribution in [-0.2, 0) is 0 Å². The number of carboxylic acids is 1. The second-order valence-corrected chi connectivity index (χ2v) is 4.84. The van der Waals surface area contributed by atoms with Crippen LogP contribution < -0.4 is 5.32 Å². The first kappa shape index (κ1) is 14.4. The van der Waals surface area contributed by atoms with Crippen LogP contribution in [0.1, 0.15) is 44.0 Å². The Kier molecular flexibility index (Phi) is 5.07. The molecule has 100 valence electrons. The van der Waals surface area contributed by atoms with E-state index in [2.05, 4.69) is 24.1 Å². The van der Waals surface area contributed by atoms with Crippen LogP contribution in [-0.4, -0.2) is 22.1 Å². The number of nitrogens with zero attached hydrogens (tertiary/aromatic N) is 1. The Morgan fingerprint density at radius 3 is 2.67 bits per heavy atom. The van der Waals surface area contributed by atoms with Crippen molar-refractivity contribution in [2.75, 3.05) is 5.32 Å². The molecule has 0 saturated carbocycles. The summed E-state index contributed by atoms with van der Waals surface area (Å²) in [7, 11) is 0. The summed E-state index contributed by atoms with van der Waals surface area (Å²) in [6.45, 7) is 6.17. The highest BCUT2D eigenvalue weighted by Gasteiger charge is 2.16. The highest BCUT2D eigenvalue weighted by molar-refractivity contribution is 5.88. The maximum absolute atomic E-state index is 13.8. The van der Waals surface area contributed by atoms with Gasteiger partial charge in [-0.1, -0.05) is 13.8 Å². The monoisotopic (exact) mass is 254 g/mol. The zero-order valence-electron chi connectivity index (χ0n) is 10.9. The lowest BCUT2D eigenvalue weighted by atomic mass is 10.0. The number of anilines is 1. The van der Waals surface area contributed by atoms with E-state index in [1.165, 1.54) is 6.20 Å². The Balaban J connectivity index is 2.73. The fourth-order valence-corrected chi connectivity index (χ4v) is 1.60. The van der Waals surface area contributed by atoms with Crippen molar-refractivity contribution in [2.24, 2.45) is 5.92 Å². The Hall–Kier alpha value is -1.65. The van der Waals surface area contributed by atoms with Crippen molar-refractivity contribution in [1.29, 1.82) is 0 Å². The van der Waals surface area contributed by atoms with Gasteiger partial charge >= 0.3 is 5.97 Å². The van der Waals surface area contributed by atoms with Gasteiger partial charge in [-0.3, -0.25) is 0 Å². The molecular weight excluding hydrogens is 235 g/mol. The third-order valence-corrected chi connectivity index (χ3v) is 2.68. The minimum absolute atomic E-state index is 0.00570. The van der Waals surface area contributed by atoms with Crippen LogP contribution in [0.5, 0.6) is 0 Å². The Labute approximate surface area is 106 Å². The van der Waals surface area contributed by atoms with E-state index in [0.29, 0.717) is 5.92 Å². The SMILES string of the molecule is CC(C)CCC(C)Nc1nccc(C(=O)O)c1F. The van der Waals surface area contributed by atoms with Crippen molar-refractivity contribution in [2.45, 2.75) is 39.7 Å². The lowest BCUT2D eigenvalue weighted by Crippen LogP contribution is -2.18. The number of aromatic nitrogens is 1. The van der Waals surface area contributed by atoms with Gasteiger partial charge < -0.3 is 10.4 Å². The van der Waals surface area contributed by atoms with Gasteiger partial charge in [0.15, 0.2) is 11.6 Å². The summed E-state index contributed by atoms with van der Waals surface area (Å²) in [6.07, 6.45) is 3.20. The zero-order valence-corrected chi connectivity index (χ0v) is 10.9. The first-order valence-corrected chi connectivity index (χ1v) is 6.06. The average molecular weight is 254 g/mol. The van der Waals surface area contributed by atoms with Gasteiger partial charge in [-0.05, 0) is 31.7 Å². The van der Waals surface area contributed by atoms with Gasteiger partial charge in [0.1, 0.15) is 5.56 Å². The van der Waals surface area contributed by atoms with E-state index in [4.69, 9.17) is 5.11 Å². The molecule has 4 nitrogen and oxygen atoms in total. The molecule has 0 fully saturated rings. The molecule has 1 rings (SSSR count). The number of pyridine rings is 1. The maximum atomic E-state index is 13.8. The first-order chi connectivity index (χ1) is 8.41. The van der Waals surface area contributed by atoms with Crippen LogP contribution in [0.4, 0.5) is 10.2 Å². The van der Waals surface area contributed by atoms with E-state index in [1.807, 2.05) is 6.92 Å². The highest BCUT2D eigenvalue weighted by atomic mass is 19.1. The predicted octanol–water partition coefficient (Wildman–Crippen LogP) is 3.16. The number of nitrogens with one attached hydrogen (secondary N) is 1. The summed E-state index contributed by atoms with van der Waals surface area (Å²) in [4.78, 5) is 14.6. The summed E-state index contributed by atoms with van der Waals surface area (Å²) < 4.78 is 13.8. The fraction of sp³-hybridized carbons (Fsp3) is 0.538. The van der Waals surface area contributed by atoms with Crippen LogP contribution in [0.25, 0.3) is 0 Å². The van der Waals surface area contributed by atoms with Gasteiger partial charge in [0, 0.05) is 12.2 Å². The van der Waals surface area contributed by atoms with Gasteiger partial charge in [-0.15, -0.1) is 0 Å². The van der Waals surface area contributed by atoms with E-state index in [9.17, 15) is 9.18 Å². The Morgan fingerprint density at radius 2 is 2.11 bits per heavy atom. The summed E-state index contributed by atoms with van der Waals surface area (Å²) in [5, 5.41) is 11.7.